The third-order valence-electron chi connectivity index (χ3n) is 8.80. The van der Waals surface area contributed by atoms with E-state index in [0.717, 1.165) is 104 Å². The molecule has 1 aliphatic heterocycles. The van der Waals surface area contributed by atoms with Crippen molar-refractivity contribution in [1.82, 2.24) is 29.8 Å². The van der Waals surface area contributed by atoms with Gasteiger partial charge in [0.1, 0.15) is 16.9 Å². The first kappa shape index (κ1) is 31.9. The third-order valence-corrected chi connectivity index (χ3v) is 9.88. The first-order valence-corrected chi connectivity index (χ1v) is 17.1. The Morgan fingerprint density at radius 3 is 2.73 bits per heavy atom. The number of hydrogen-bond donors (Lipinski definition) is 1. The number of aryl methyl sites for hydroxylation is 1. The molecule has 4 aromatic heterocycles. The minimum absolute atomic E-state index is 0.291. The van der Waals surface area contributed by atoms with Gasteiger partial charge in [-0.2, -0.15) is 10.4 Å². The molecule has 0 aromatic carbocycles. The molecule has 0 amide bonds. The minimum Gasteiger partial charge on any atom is -0.389 e. The molecular formula is C33H47N9OS. The van der Waals surface area contributed by atoms with E-state index >= 15 is 0 Å². The van der Waals surface area contributed by atoms with E-state index in [0.29, 0.717) is 39.8 Å². The van der Waals surface area contributed by atoms with E-state index in [2.05, 4.69) is 62.7 Å². The number of nitriles is 1. The van der Waals surface area contributed by atoms with Crippen LogP contribution in [0.15, 0.2) is 10.7 Å². The molecule has 5 rings (SSSR count). The van der Waals surface area contributed by atoms with Gasteiger partial charge in [0.2, 0.25) is 0 Å². The summed E-state index contributed by atoms with van der Waals surface area (Å²) in [4.78, 5) is 16.2. The fourth-order valence-corrected chi connectivity index (χ4v) is 7.40. The number of fused-ring (bicyclic) bond motifs is 1. The summed E-state index contributed by atoms with van der Waals surface area (Å²) in [6.07, 6.45) is 9.83. The van der Waals surface area contributed by atoms with Gasteiger partial charge >= 0.3 is 0 Å². The SMILES string of the molecule is CCCCc1c(-c2nc(N3CCCC(C)C3)c3cnn(CC(C)N(C)CCC)c3n2)noc1-c1c(CCC)sc(N)c1C#N. The summed E-state index contributed by atoms with van der Waals surface area (Å²) in [5.41, 5.74) is 9.99. The molecule has 2 N–H and O–H groups in total. The molecule has 4 aromatic rings. The molecular weight excluding hydrogens is 570 g/mol. The van der Waals surface area contributed by atoms with Crippen LogP contribution in [0.1, 0.15) is 89.1 Å². The zero-order valence-corrected chi connectivity index (χ0v) is 28.0. The Bertz CT molecular complexity index is 1610. The molecule has 2 atom stereocenters. The largest absolute Gasteiger partial charge is 0.389 e. The quantitative estimate of drug-likeness (QED) is 0.170. The van der Waals surface area contributed by atoms with E-state index in [1.54, 1.807) is 0 Å². The van der Waals surface area contributed by atoms with Crippen LogP contribution in [0.25, 0.3) is 33.9 Å². The number of nitrogen functional groups attached to an aromatic ring is 1. The number of piperidine rings is 1. The summed E-state index contributed by atoms with van der Waals surface area (Å²) in [6, 6.07) is 2.63. The number of thiophene rings is 1. The number of hydrogen-bond acceptors (Lipinski definition) is 10. The number of anilines is 2. The Balaban J connectivity index is 1.69. The van der Waals surface area contributed by atoms with Crippen molar-refractivity contribution in [2.24, 2.45) is 5.92 Å². The molecule has 0 spiro atoms. The molecule has 5 heterocycles. The van der Waals surface area contributed by atoms with Gasteiger partial charge in [-0.05, 0) is 65.0 Å². The van der Waals surface area contributed by atoms with Crippen LogP contribution in [0.2, 0.25) is 0 Å². The highest BCUT2D eigenvalue weighted by molar-refractivity contribution is 7.16. The molecule has 2 unspecified atom stereocenters. The van der Waals surface area contributed by atoms with Crippen molar-refractivity contribution < 1.29 is 4.52 Å². The van der Waals surface area contributed by atoms with Crippen LogP contribution in [-0.2, 0) is 19.4 Å². The smallest absolute Gasteiger partial charge is 0.186 e. The molecule has 1 aliphatic rings. The van der Waals surface area contributed by atoms with Crippen LogP contribution in [-0.4, -0.2) is 62.5 Å². The highest BCUT2D eigenvalue weighted by Crippen LogP contribution is 2.43. The van der Waals surface area contributed by atoms with E-state index in [4.69, 9.17) is 25.3 Å². The monoisotopic (exact) mass is 617 g/mol. The van der Waals surface area contributed by atoms with Crippen LogP contribution < -0.4 is 10.6 Å². The average molecular weight is 618 g/mol. The number of unbranched alkanes of at least 4 members (excludes halogenated alkanes) is 1. The molecule has 1 fully saturated rings. The lowest BCUT2D eigenvalue weighted by Gasteiger charge is -2.32. The van der Waals surface area contributed by atoms with Crippen molar-refractivity contribution in [3.05, 3.63) is 22.2 Å². The highest BCUT2D eigenvalue weighted by atomic mass is 32.1. The predicted octanol–water partition coefficient (Wildman–Crippen LogP) is 6.93. The second kappa shape index (κ2) is 14.1. The Kier molecular flexibility index (Phi) is 10.2. The molecule has 0 bridgehead atoms. The Morgan fingerprint density at radius 1 is 1.20 bits per heavy atom. The van der Waals surface area contributed by atoms with Gasteiger partial charge in [0.15, 0.2) is 22.9 Å². The number of nitrogens with two attached hydrogens (primary N) is 1. The first-order valence-electron chi connectivity index (χ1n) is 16.3. The molecule has 10 nitrogen and oxygen atoms in total. The maximum absolute atomic E-state index is 10.1. The van der Waals surface area contributed by atoms with Crippen LogP contribution in [0.3, 0.4) is 0 Å². The fraction of sp³-hybridized carbons (Fsp3) is 0.606. The van der Waals surface area contributed by atoms with E-state index in [1.807, 2.05) is 10.9 Å². The van der Waals surface area contributed by atoms with Gasteiger partial charge in [0, 0.05) is 29.6 Å². The molecule has 0 radical (unpaired) electrons. The molecule has 11 heteroatoms. The minimum atomic E-state index is 0.291. The molecule has 1 saturated heterocycles. The maximum atomic E-state index is 10.1. The summed E-state index contributed by atoms with van der Waals surface area (Å²) in [7, 11) is 2.16. The summed E-state index contributed by atoms with van der Waals surface area (Å²) < 4.78 is 8.17. The summed E-state index contributed by atoms with van der Waals surface area (Å²) in [5.74, 6) is 2.66. The van der Waals surface area contributed by atoms with Crippen LogP contribution in [0.4, 0.5) is 10.8 Å². The number of aromatic nitrogens is 5. The van der Waals surface area contributed by atoms with Crippen LogP contribution in [0.5, 0.6) is 0 Å². The van der Waals surface area contributed by atoms with Crippen molar-refractivity contribution >= 4 is 33.2 Å². The van der Waals surface area contributed by atoms with Gasteiger partial charge in [-0.25, -0.2) is 14.6 Å². The standard InChI is InChI=1S/C33H47N9OS/c1-7-10-14-23-28(39-43-29(23)27-24(17-34)30(35)44-26(27)12-8-2)31-37-32(41-16-11-13-21(4)19-41)25-18-36-42(33(25)38-31)20-22(5)40(6)15-9-3/h18,21-22H,7-16,19-20,35H2,1-6H3. The lowest BCUT2D eigenvalue weighted by atomic mass is 9.98. The van der Waals surface area contributed by atoms with Crippen LogP contribution >= 0.6 is 11.3 Å². The molecule has 236 valence electrons. The van der Waals surface area contributed by atoms with Gasteiger partial charge < -0.3 is 20.1 Å². The Labute approximate surface area is 265 Å². The Hall–Kier alpha value is -3.49. The van der Waals surface area contributed by atoms with Crippen molar-refractivity contribution in [3.8, 4) is 28.9 Å². The summed E-state index contributed by atoms with van der Waals surface area (Å²) >= 11 is 1.47. The zero-order valence-electron chi connectivity index (χ0n) is 27.2. The second-order valence-corrected chi connectivity index (χ2v) is 13.5. The third kappa shape index (κ3) is 6.33. The average Bonchev–Trinajstić information content (AvgIpc) is 3.70. The van der Waals surface area contributed by atoms with E-state index in [9.17, 15) is 5.26 Å². The first-order chi connectivity index (χ1) is 21.3. The topological polar surface area (TPSA) is 126 Å². The van der Waals surface area contributed by atoms with E-state index in [-0.39, 0.29) is 0 Å². The fourth-order valence-electron chi connectivity index (χ4n) is 6.28. The number of nitrogens with zero attached hydrogens (tertiary/aromatic N) is 8. The van der Waals surface area contributed by atoms with Crippen LogP contribution in [0, 0.1) is 17.2 Å². The van der Waals surface area contributed by atoms with Crippen molar-refractivity contribution in [2.75, 3.05) is 37.3 Å². The van der Waals surface area contributed by atoms with Crippen molar-refractivity contribution in [2.45, 2.75) is 98.6 Å². The normalized spacial score (nSPS) is 16.2. The Morgan fingerprint density at radius 2 is 2.02 bits per heavy atom. The van der Waals surface area contributed by atoms with Gasteiger partial charge in [-0.3, -0.25) is 0 Å². The van der Waals surface area contributed by atoms with Gasteiger partial charge in [-0.1, -0.05) is 45.7 Å². The van der Waals surface area contributed by atoms with E-state index < -0.39 is 0 Å². The molecule has 0 saturated carbocycles. The maximum Gasteiger partial charge on any atom is 0.186 e. The van der Waals surface area contributed by atoms with Crippen molar-refractivity contribution in [1.29, 1.82) is 5.26 Å². The second-order valence-electron chi connectivity index (χ2n) is 12.4. The number of rotatable bonds is 13. The summed E-state index contributed by atoms with van der Waals surface area (Å²) in [6.45, 7) is 14.7. The lowest BCUT2D eigenvalue weighted by molar-refractivity contribution is 0.231. The summed E-state index contributed by atoms with van der Waals surface area (Å²) in [5, 5.41) is 21.0. The van der Waals surface area contributed by atoms with Gasteiger partial charge in [0.25, 0.3) is 0 Å². The van der Waals surface area contributed by atoms with Gasteiger partial charge in [-0.15, -0.1) is 11.3 Å². The lowest BCUT2D eigenvalue weighted by Crippen LogP contribution is -2.35. The number of likely N-dealkylation sites (N-methyl/N-ethyl adjacent to an activating group) is 1. The zero-order chi connectivity index (χ0) is 31.4. The van der Waals surface area contributed by atoms with E-state index in [1.165, 1.54) is 17.8 Å². The predicted molar refractivity (Wildman–Crippen MR) is 179 cm³/mol. The highest BCUT2D eigenvalue weighted by Gasteiger charge is 2.30. The molecule has 0 aliphatic carbocycles. The van der Waals surface area contributed by atoms with Gasteiger partial charge in [0.05, 0.1) is 29.3 Å². The molecule has 44 heavy (non-hydrogen) atoms. The van der Waals surface area contributed by atoms with Crippen molar-refractivity contribution in [3.63, 3.8) is 0 Å².